The van der Waals surface area contributed by atoms with Crippen LogP contribution in [-0.4, -0.2) is 16.7 Å². The molecule has 1 unspecified atom stereocenters. The van der Waals surface area contributed by atoms with Gasteiger partial charge < -0.3 is 5.73 Å². The molecule has 1 fully saturated rings. The molecule has 0 saturated heterocycles. The summed E-state index contributed by atoms with van der Waals surface area (Å²) in [7, 11) is 0. The van der Waals surface area contributed by atoms with E-state index in [0.717, 1.165) is 11.4 Å². The van der Waals surface area contributed by atoms with Gasteiger partial charge >= 0.3 is 0 Å². The van der Waals surface area contributed by atoms with E-state index in [1.165, 1.54) is 11.8 Å². The lowest BCUT2D eigenvalue weighted by molar-refractivity contribution is -0.0487. The quantitative estimate of drug-likeness (QED) is 0.842. The van der Waals surface area contributed by atoms with Gasteiger partial charge in [0, 0.05) is 24.8 Å². The molecule has 2 nitrogen and oxygen atoms in total. The van der Waals surface area contributed by atoms with Crippen LogP contribution in [0.25, 0.3) is 0 Å². The van der Waals surface area contributed by atoms with Gasteiger partial charge in [-0.2, -0.15) is 0 Å². The predicted molar refractivity (Wildman–Crippen MR) is 66.3 cm³/mol. The third-order valence-electron chi connectivity index (χ3n) is 3.00. The van der Waals surface area contributed by atoms with E-state index in [0.29, 0.717) is 17.9 Å². The molecule has 1 aromatic rings. The van der Waals surface area contributed by atoms with Crippen LogP contribution in [-0.2, 0) is 0 Å². The molecule has 1 heterocycles. The molecule has 2 N–H and O–H groups in total. The zero-order chi connectivity index (χ0) is 12.3. The van der Waals surface area contributed by atoms with Crippen molar-refractivity contribution in [2.75, 3.05) is 11.5 Å². The zero-order valence-electron chi connectivity index (χ0n) is 9.53. The van der Waals surface area contributed by atoms with Gasteiger partial charge in [-0.15, -0.1) is 11.8 Å². The minimum atomic E-state index is -2.47. The van der Waals surface area contributed by atoms with Gasteiger partial charge in [0.1, 0.15) is 5.03 Å². The van der Waals surface area contributed by atoms with Crippen molar-refractivity contribution < 1.29 is 8.78 Å². The topological polar surface area (TPSA) is 38.9 Å². The number of hydrogen-bond acceptors (Lipinski definition) is 3. The molecule has 0 spiro atoms. The fraction of sp³-hybridized carbons (Fsp3) is 0.583. The van der Waals surface area contributed by atoms with Gasteiger partial charge in [0.2, 0.25) is 5.92 Å². The largest absolute Gasteiger partial charge is 0.397 e. The van der Waals surface area contributed by atoms with Gasteiger partial charge in [-0.05, 0) is 30.9 Å². The Morgan fingerprint density at radius 1 is 1.53 bits per heavy atom. The maximum Gasteiger partial charge on any atom is 0.248 e. The summed E-state index contributed by atoms with van der Waals surface area (Å²) < 4.78 is 26.4. The normalized spacial score (nSPS) is 23.5. The monoisotopic (exact) mass is 258 g/mol. The number of anilines is 1. The summed E-state index contributed by atoms with van der Waals surface area (Å²) in [5, 5.41) is 0.751. The van der Waals surface area contributed by atoms with Crippen molar-refractivity contribution in [1.82, 2.24) is 4.98 Å². The van der Waals surface area contributed by atoms with E-state index in [4.69, 9.17) is 5.73 Å². The van der Waals surface area contributed by atoms with E-state index >= 15 is 0 Å². The SMILES string of the molecule is Nc1cccnc1SCC1CCCC(F)(F)C1. The van der Waals surface area contributed by atoms with Gasteiger partial charge in [-0.3, -0.25) is 0 Å². The molecule has 0 aromatic carbocycles. The van der Waals surface area contributed by atoms with Crippen molar-refractivity contribution >= 4 is 17.4 Å². The fourth-order valence-corrected chi connectivity index (χ4v) is 3.19. The number of hydrogen-bond donors (Lipinski definition) is 1. The van der Waals surface area contributed by atoms with Gasteiger partial charge in [-0.1, -0.05) is 0 Å². The Hall–Kier alpha value is -0.840. The first-order valence-electron chi connectivity index (χ1n) is 5.78. The Balaban J connectivity index is 1.88. The molecule has 17 heavy (non-hydrogen) atoms. The first-order valence-corrected chi connectivity index (χ1v) is 6.76. The second kappa shape index (κ2) is 5.21. The molecule has 2 rings (SSSR count). The molecular formula is C12H16F2N2S. The lowest BCUT2D eigenvalue weighted by Crippen LogP contribution is -2.27. The Bertz CT molecular complexity index is 385. The van der Waals surface area contributed by atoms with Crippen LogP contribution in [0.5, 0.6) is 0 Å². The van der Waals surface area contributed by atoms with Crippen molar-refractivity contribution in [3.63, 3.8) is 0 Å². The second-order valence-electron chi connectivity index (χ2n) is 4.53. The highest BCUT2D eigenvalue weighted by Gasteiger charge is 2.36. The van der Waals surface area contributed by atoms with Gasteiger partial charge in [-0.25, -0.2) is 13.8 Å². The molecular weight excluding hydrogens is 242 g/mol. The van der Waals surface area contributed by atoms with Gasteiger partial charge in [0.25, 0.3) is 0 Å². The highest BCUT2D eigenvalue weighted by atomic mass is 32.2. The molecule has 5 heteroatoms. The Morgan fingerprint density at radius 2 is 2.35 bits per heavy atom. The van der Waals surface area contributed by atoms with E-state index in [1.807, 2.05) is 0 Å². The van der Waals surface area contributed by atoms with Gasteiger partial charge in [0.05, 0.1) is 5.69 Å². The van der Waals surface area contributed by atoms with E-state index in [-0.39, 0.29) is 18.8 Å². The number of halogens is 2. The third-order valence-corrected chi connectivity index (χ3v) is 4.25. The zero-order valence-corrected chi connectivity index (χ0v) is 10.4. The molecule has 1 aromatic heterocycles. The summed E-state index contributed by atoms with van der Waals surface area (Å²) in [5.74, 6) is -1.72. The molecule has 0 aliphatic heterocycles. The van der Waals surface area contributed by atoms with Gasteiger partial charge in [0.15, 0.2) is 0 Å². The van der Waals surface area contributed by atoms with Crippen LogP contribution in [0, 0.1) is 5.92 Å². The molecule has 0 radical (unpaired) electrons. The Kier molecular flexibility index (Phi) is 3.86. The number of aromatic nitrogens is 1. The number of nitrogen functional groups attached to an aromatic ring is 1. The highest BCUT2D eigenvalue weighted by Crippen LogP contribution is 2.39. The smallest absolute Gasteiger partial charge is 0.248 e. The van der Waals surface area contributed by atoms with Crippen molar-refractivity contribution in [3.8, 4) is 0 Å². The number of nitrogens with zero attached hydrogens (tertiary/aromatic N) is 1. The molecule has 94 valence electrons. The van der Waals surface area contributed by atoms with Crippen LogP contribution >= 0.6 is 11.8 Å². The summed E-state index contributed by atoms with van der Waals surface area (Å²) >= 11 is 1.48. The molecule has 1 aliphatic carbocycles. The molecule has 1 aliphatic rings. The number of nitrogens with two attached hydrogens (primary N) is 1. The van der Waals surface area contributed by atoms with Crippen molar-refractivity contribution in [1.29, 1.82) is 0 Å². The summed E-state index contributed by atoms with van der Waals surface area (Å²) in [4.78, 5) is 4.15. The van der Waals surface area contributed by atoms with E-state index in [2.05, 4.69) is 4.98 Å². The van der Waals surface area contributed by atoms with E-state index in [9.17, 15) is 8.78 Å². The summed E-state index contributed by atoms with van der Waals surface area (Å²) in [6.45, 7) is 0. The first-order chi connectivity index (χ1) is 8.07. The van der Waals surface area contributed by atoms with Crippen molar-refractivity contribution in [3.05, 3.63) is 18.3 Å². The van der Waals surface area contributed by atoms with Crippen molar-refractivity contribution in [2.24, 2.45) is 5.92 Å². The average molecular weight is 258 g/mol. The summed E-state index contributed by atoms with van der Waals surface area (Å²) in [6.07, 6.45) is 3.23. The van der Waals surface area contributed by atoms with E-state index < -0.39 is 5.92 Å². The van der Waals surface area contributed by atoms with Crippen molar-refractivity contribution in [2.45, 2.75) is 36.6 Å². The Morgan fingerprint density at radius 3 is 3.06 bits per heavy atom. The van der Waals surface area contributed by atoms with Crippen LogP contribution < -0.4 is 5.73 Å². The van der Waals surface area contributed by atoms with E-state index in [1.54, 1.807) is 18.3 Å². The lowest BCUT2D eigenvalue weighted by atomic mass is 9.88. The minimum Gasteiger partial charge on any atom is -0.397 e. The average Bonchev–Trinajstić information content (AvgIpc) is 2.27. The fourth-order valence-electron chi connectivity index (χ4n) is 2.14. The maximum atomic E-state index is 13.2. The number of rotatable bonds is 3. The number of alkyl halides is 2. The second-order valence-corrected chi connectivity index (χ2v) is 5.54. The molecule has 1 atom stereocenters. The number of thioether (sulfide) groups is 1. The summed E-state index contributed by atoms with van der Waals surface area (Å²) in [6, 6.07) is 3.55. The molecule has 1 saturated carbocycles. The predicted octanol–water partition coefficient (Wildman–Crippen LogP) is 3.58. The van der Waals surface area contributed by atoms with Crippen LogP contribution in [0.3, 0.4) is 0 Å². The third kappa shape index (κ3) is 3.56. The van der Waals surface area contributed by atoms with Crippen LogP contribution in [0.15, 0.2) is 23.4 Å². The van der Waals surface area contributed by atoms with Crippen LogP contribution in [0.4, 0.5) is 14.5 Å². The molecule has 0 bridgehead atoms. The lowest BCUT2D eigenvalue weighted by Gasteiger charge is -2.28. The standard InChI is InChI=1S/C12H16F2N2S/c13-12(14)5-1-3-9(7-12)8-17-11-10(15)4-2-6-16-11/h2,4,6,9H,1,3,5,7-8,15H2. The van der Waals surface area contributed by atoms with Crippen LogP contribution in [0.1, 0.15) is 25.7 Å². The summed E-state index contributed by atoms with van der Waals surface area (Å²) in [5.41, 5.74) is 6.38. The van der Waals surface area contributed by atoms with Crippen LogP contribution in [0.2, 0.25) is 0 Å². The first kappa shape index (κ1) is 12.6. The molecule has 0 amide bonds. The minimum absolute atomic E-state index is 0.00668. The maximum absolute atomic E-state index is 13.2. The Labute approximate surface area is 104 Å². The number of pyridine rings is 1. The highest BCUT2D eigenvalue weighted by molar-refractivity contribution is 7.99.